The summed E-state index contributed by atoms with van der Waals surface area (Å²) in [4.78, 5) is 36.7. The molecule has 26 heavy (non-hydrogen) atoms. The van der Waals surface area contributed by atoms with Crippen LogP contribution in [0.1, 0.15) is 11.4 Å². The van der Waals surface area contributed by atoms with Gasteiger partial charge in [-0.15, -0.1) is 0 Å². The van der Waals surface area contributed by atoms with Gasteiger partial charge in [-0.25, -0.2) is 9.97 Å². The molecular formula is C19H16N4O2S. The predicted octanol–water partition coefficient (Wildman–Crippen LogP) is 2.77. The van der Waals surface area contributed by atoms with Crippen LogP contribution in [0, 0.1) is 6.92 Å². The van der Waals surface area contributed by atoms with Crippen LogP contribution in [0.4, 0.5) is 0 Å². The summed E-state index contributed by atoms with van der Waals surface area (Å²) in [6, 6.07) is 12.8. The molecule has 0 bridgehead atoms. The molecule has 0 radical (unpaired) electrons. The van der Waals surface area contributed by atoms with Crippen molar-refractivity contribution in [2.24, 2.45) is 7.05 Å². The Hall–Kier alpha value is -2.93. The second kappa shape index (κ2) is 6.42. The zero-order valence-corrected chi connectivity index (χ0v) is 15.1. The minimum absolute atomic E-state index is 0.0890. The highest BCUT2D eigenvalue weighted by atomic mass is 32.2. The Morgan fingerprint density at radius 1 is 1.04 bits per heavy atom. The Balaban J connectivity index is 1.72. The number of nitrogens with zero attached hydrogens (tertiary/aromatic N) is 3. The first-order valence-corrected chi connectivity index (χ1v) is 9.10. The summed E-state index contributed by atoms with van der Waals surface area (Å²) in [6.07, 6.45) is 0. The van der Waals surface area contributed by atoms with E-state index in [1.54, 1.807) is 19.2 Å². The molecule has 4 rings (SSSR count). The van der Waals surface area contributed by atoms with E-state index in [4.69, 9.17) is 0 Å². The van der Waals surface area contributed by atoms with Gasteiger partial charge >= 0.3 is 0 Å². The highest BCUT2D eigenvalue weighted by Crippen LogP contribution is 2.21. The van der Waals surface area contributed by atoms with Gasteiger partial charge in [-0.2, -0.15) is 0 Å². The molecule has 0 aliphatic carbocycles. The van der Waals surface area contributed by atoms with Crippen LogP contribution in [0.25, 0.3) is 21.8 Å². The van der Waals surface area contributed by atoms with Crippen molar-refractivity contribution >= 4 is 33.6 Å². The Kier molecular flexibility index (Phi) is 4.08. The maximum atomic E-state index is 12.5. The van der Waals surface area contributed by atoms with Crippen LogP contribution in [-0.4, -0.2) is 19.5 Å². The summed E-state index contributed by atoms with van der Waals surface area (Å²) in [5.74, 6) is 0.974. The fraction of sp³-hybridized carbons (Fsp3) is 0.158. The fourth-order valence-corrected chi connectivity index (χ4v) is 3.72. The van der Waals surface area contributed by atoms with Crippen LogP contribution >= 0.6 is 11.8 Å². The lowest BCUT2D eigenvalue weighted by atomic mass is 10.1. The van der Waals surface area contributed by atoms with E-state index in [2.05, 4.69) is 15.0 Å². The van der Waals surface area contributed by atoms with Crippen LogP contribution in [0.2, 0.25) is 0 Å². The lowest BCUT2D eigenvalue weighted by Crippen LogP contribution is -2.20. The number of aromatic amines is 1. The largest absolute Gasteiger partial charge is 0.309 e. The van der Waals surface area contributed by atoms with Gasteiger partial charge in [-0.3, -0.25) is 14.2 Å². The molecule has 6 nitrogen and oxygen atoms in total. The first-order valence-electron chi connectivity index (χ1n) is 8.11. The number of H-pyrrole nitrogens is 1. The van der Waals surface area contributed by atoms with Gasteiger partial charge in [0.25, 0.3) is 11.1 Å². The molecular weight excluding hydrogens is 348 g/mol. The van der Waals surface area contributed by atoms with Gasteiger partial charge in [-0.05, 0) is 30.7 Å². The standard InChI is InChI=1S/C19H16N4O2S/c1-11-6-5-8-13-16(11)21-15(22-17(13)24)10-26-19-20-14-9-4-3-7-12(14)18(25)23(19)2/h3-9H,10H2,1-2H3,(H,21,22,24). The van der Waals surface area contributed by atoms with Gasteiger partial charge in [0, 0.05) is 7.05 Å². The number of hydrogen-bond donors (Lipinski definition) is 1. The van der Waals surface area contributed by atoms with Crippen molar-refractivity contribution in [1.29, 1.82) is 0 Å². The zero-order valence-electron chi connectivity index (χ0n) is 14.3. The van der Waals surface area contributed by atoms with Crippen LogP contribution in [0.3, 0.4) is 0 Å². The predicted molar refractivity (Wildman–Crippen MR) is 104 cm³/mol. The lowest BCUT2D eigenvalue weighted by Gasteiger charge is -2.09. The van der Waals surface area contributed by atoms with E-state index in [1.807, 2.05) is 37.3 Å². The maximum absolute atomic E-state index is 12.5. The summed E-state index contributed by atoms with van der Waals surface area (Å²) in [7, 11) is 1.70. The van der Waals surface area contributed by atoms with Crippen LogP contribution < -0.4 is 11.1 Å². The van der Waals surface area contributed by atoms with Crippen LogP contribution in [0.5, 0.6) is 0 Å². The molecule has 0 unspecified atom stereocenters. The van der Waals surface area contributed by atoms with Gasteiger partial charge in [0.15, 0.2) is 5.16 Å². The molecule has 2 aromatic carbocycles. The molecule has 2 heterocycles. The molecule has 0 saturated carbocycles. The quantitative estimate of drug-likeness (QED) is 0.447. The highest BCUT2D eigenvalue weighted by molar-refractivity contribution is 7.98. The smallest absolute Gasteiger partial charge is 0.261 e. The van der Waals surface area contributed by atoms with Crippen molar-refractivity contribution in [3.63, 3.8) is 0 Å². The Morgan fingerprint density at radius 3 is 2.65 bits per heavy atom. The van der Waals surface area contributed by atoms with Crippen molar-refractivity contribution in [3.8, 4) is 0 Å². The van der Waals surface area contributed by atoms with Gasteiger partial charge < -0.3 is 4.98 Å². The molecule has 130 valence electrons. The summed E-state index contributed by atoms with van der Waals surface area (Å²) >= 11 is 1.37. The van der Waals surface area contributed by atoms with E-state index in [9.17, 15) is 9.59 Å². The number of thioether (sulfide) groups is 1. The Bertz CT molecular complexity index is 1260. The highest BCUT2D eigenvalue weighted by Gasteiger charge is 2.11. The molecule has 2 aromatic heterocycles. The molecule has 4 aromatic rings. The van der Waals surface area contributed by atoms with Gasteiger partial charge in [0.05, 0.1) is 27.6 Å². The number of benzene rings is 2. The Labute approximate surface area is 152 Å². The third kappa shape index (κ3) is 2.80. The van der Waals surface area contributed by atoms with Crippen LogP contribution in [0.15, 0.2) is 57.2 Å². The number of aryl methyl sites for hydroxylation is 1. The molecule has 0 aliphatic heterocycles. The molecule has 0 amide bonds. The molecule has 0 spiro atoms. The third-order valence-electron chi connectivity index (χ3n) is 4.27. The van der Waals surface area contributed by atoms with Crippen molar-refractivity contribution in [2.75, 3.05) is 0 Å². The van der Waals surface area contributed by atoms with Crippen molar-refractivity contribution in [2.45, 2.75) is 17.8 Å². The lowest BCUT2D eigenvalue weighted by molar-refractivity contribution is 0.725. The minimum Gasteiger partial charge on any atom is -0.309 e. The summed E-state index contributed by atoms with van der Waals surface area (Å²) in [5.41, 5.74) is 2.07. The topological polar surface area (TPSA) is 80.6 Å². The average molecular weight is 364 g/mol. The minimum atomic E-state index is -0.158. The zero-order chi connectivity index (χ0) is 18.3. The maximum Gasteiger partial charge on any atom is 0.261 e. The third-order valence-corrected chi connectivity index (χ3v) is 5.31. The number of fused-ring (bicyclic) bond motifs is 2. The number of para-hydroxylation sites is 2. The van der Waals surface area contributed by atoms with Crippen LogP contribution in [-0.2, 0) is 12.8 Å². The van der Waals surface area contributed by atoms with Gasteiger partial charge in [0.2, 0.25) is 0 Å². The average Bonchev–Trinajstić information content (AvgIpc) is 2.64. The molecule has 0 saturated heterocycles. The van der Waals surface area contributed by atoms with E-state index in [1.165, 1.54) is 16.3 Å². The molecule has 7 heteroatoms. The number of hydrogen-bond acceptors (Lipinski definition) is 5. The van der Waals surface area contributed by atoms with Gasteiger partial charge in [0.1, 0.15) is 5.82 Å². The SMILES string of the molecule is Cc1cccc2c(=O)[nH]c(CSc3nc4ccccc4c(=O)n3C)nc12. The first kappa shape index (κ1) is 16.5. The van der Waals surface area contributed by atoms with E-state index in [0.717, 1.165) is 5.56 Å². The van der Waals surface area contributed by atoms with Gasteiger partial charge in [-0.1, -0.05) is 36.0 Å². The molecule has 0 atom stereocenters. The van der Waals surface area contributed by atoms with E-state index in [-0.39, 0.29) is 11.1 Å². The van der Waals surface area contributed by atoms with Crippen molar-refractivity contribution in [3.05, 3.63) is 74.6 Å². The first-order chi connectivity index (χ1) is 12.5. The van der Waals surface area contributed by atoms with Crippen molar-refractivity contribution in [1.82, 2.24) is 19.5 Å². The monoisotopic (exact) mass is 364 g/mol. The molecule has 0 aliphatic rings. The second-order valence-corrected chi connectivity index (χ2v) is 6.99. The summed E-state index contributed by atoms with van der Waals surface area (Å²) in [6.45, 7) is 1.93. The van der Waals surface area contributed by atoms with E-state index in [0.29, 0.717) is 38.5 Å². The molecule has 1 N–H and O–H groups in total. The second-order valence-electron chi connectivity index (χ2n) is 6.05. The number of nitrogens with one attached hydrogen (secondary N) is 1. The molecule has 0 fully saturated rings. The number of rotatable bonds is 3. The Morgan fingerprint density at radius 2 is 1.81 bits per heavy atom. The van der Waals surface area contributed by atoms with E-state index < -0.39 is 0 Å². The van der Waals surface area contributed by atoms with Crippen molar-refractivity contribution < 1.29 is 0 Å². The van der Waals surface area contributed by atoms with E-state index >= 15 is 0 Å². The summed E-state index contributed by atoms with van der Waals surface area (Å²) in [5, 5.41) is 1.75. The normalized spacial score (nSPS) is 11.3. The fourth-order valence-electron chi connectivity index (χ4n) is 2.88. The number of aromatic nitrogens is 4. The summed E-state index contributed by atoms with van der Waals surface area (Å²) < 4.78 is 1.53.